The van der Waals surface area contributed by atoms with Gasteiger partial charge in [-0.2, -0.15) is 0 Å². The summed E-state index contributed by atoms with van der Waals surface area (Å²) in [7, 11) is 0. The Labute approximate surface area is 79.0 Å². The van der Waals surface area contributed by atoms with Gasteiger partial charge >= 0.3 is 0 Å². The summed E-state index contributed by atoms with van der Waals surface area (Å²) in [5, 5.41) is 8.92. The Morgan fingerprint density at radius 3 is 2.23 bits per heavy atom. The van der Waals surface area contributed by atoms with Crippen molar-refractivity contribution in [2.75, 3.05) is 19.8 Å². The van der Waals surface area contributed by atoms with Crippen molar-refractivity contribution in [2.24, 2.45) is 5.92 Å². The molecule has 2 rings (SSSR count). The van der Waals surface area contributed by atoms with Crippen LogP contribution >= 0.6 is 0 Å². The van der Waals surface area contributed by atoms with E-state index in [1.165, 1.54) is 19.3 Å². The van der Waals surface area contributed by atoms with Gasteiger partial charge in [-0.3, -0.25) is 0 Å². The van der Waals surface area contributed by atoms with Gasteiger partial charge in [-0.15, -0.1) is 0 Å². The summed E-state index contributed by atoms with van der Waals surface area (Å²) in [4.78, 5) is 0. The highest BCUT2D eigenvalue weighted by atomic mass is 16.7. The quantitative estimate of drug-likeness (QED) is 0.671. The molecule has 0 bridgehead atoms. The average molecular weight is 186 g/mol. The van der Waals surface area contributed by atoms with Crippen molar-refractivity contribution < 1.29 is 14.6 Å². The third-order valence-corrected chi connectivity index (χ3v) is 3.04. The molecule has 0 atom stereocenters. The van der Waals surface area contributed by atoms with E-state index >= 15 is 0 Å². The fourth-order valence-electron chi connectivity index (χ4n) is 2.11. The maximum absolute atomic E-state index is 8.92. The molecular formula is C10H18O3. The number of aliphatic hydroxyl groups is 1. The van der Waals surface area contributed by atoms with Crippen LogP contribution < -0.4 is 0 Å². The van der Waals surface area contributed by atoms with Crippen LogP contribution in [-0.2, 0) is 9.47 Å². The summed E-state index contributed by atoms with van der Waals surface area (Å²) in [6.07, 6.45) is 5.79. The molecule has 1 N–H and O–H groups in total. The largest absolute Gasteiger partial charge is 0.396 e. The maximum Gasteiger partial charge on any atom is 0.168 e. The van der Waals surface area contributed by atoms with Crippen LogP contribution in [0.1, 0.15) is 32.1 Å². The second-order valence-electron chi connectivity index (χ2n) is 4.14. The molecular weight excluding hydrogens is 168 g/mol. The highest BCUT2D eigenvalue weighted by Gasteiger charge is 2.38. The fraction of sp³-hybridized carbons (Fsp3) is 1.00. The van der Waals surface area contributed by atoms with Gasteiger partial charge in [-0.25, -0.2) is 0 Å². The Morgan fingerprint density at radius 2 is 1.69 bits per heavy atom. The van der Waals surface area contributed by atoms with Crippen LogP contribution in [-0.4, -0.2) is 30.7 Å². The van der Waals surface area contributed by atoms with Crippen molar-refractivity contribution in [1.82, 2.24) is 0 Å². The topological polar surface area (TPSA) is 38.7 Å². The Bertz CT molecular complexity index is 154. The minimum Gasteiger partial charge on any atom is -0.396 e. The standard InChI is InChI=1S/C10H18O3/c11-6-9-7-12-10(13-8-9)4-2-1-3-5-10/h9,11H,1-8H2. The minimum atomic E-state index is -0.274. The van der Waals surface area contributed by atoms with Crippen molar-refractivity contribution in [2.45, 2.75) is 37.9 Å². The summed E-state index contributed by atoms with van der Waals surface area (Å²) >= 11 is 0. The van der Waals surface area contributed by atoms with Crippen LogP contribution in [0.4, 0.5) is 0 Å². The van der Waals surface area contributed by atoms with Gasteiger partial charge in [0.1, 0.15) is 0 Å². The molecule has 1 aliphatic heterocycles. The van der Waals surface area contributed by atoms with Gasteiger partial charge in [-0.1, -0.05) is 6.42 Å². The van der Waals surface area contributed by atoms with Gasteiger partial charge in [-0.05, 0) is 12.8 Å². The Balaban J connectivity index is 1.87. The first kappa shape index (κ1) is 9.44. The molecule has 0 amide bonds. The first-order chi connectivity index (χ1) is 6.35. The van der Waals surface area contributed by atoms with E-state index in [1.807, 2.05) is 0 Å². The van der Waals surface area contributed by atoms with Gasteiger partial charge in [0, 0.05) is 18.8 Å². The smallest absolute Gasteiger partial charge is 0.168 e. The first-order valence-electron chi connectivity index (χ1n) is 5.23. The summed E-state index contributed by atoms with van der Waals surface area (Å²) < 4.78 is 11.5. The second kappa shape index (κ2) is 3.95. The van der Waals surface area contributed by atoms with Crippen molar-refractivity contribution in [1.29, 1.82) is 0 Å². The summed E-state index contributed by atoms with van der Waals surface area (Å²) in [5.74, 6) is -0.0863. The van der Waals surface area contributed by atoms with E-state index in [1.54, 1.807) is 0 Å². The van der Waals surface area contributed by atoms with E-state index in [2.05, 4.69) is 0 Å². The SMILES string of the molecule is OCC1COC2(CCCCC2)OC1. The third-order valence-electron chi connectivity index (χ3n) is 3.04. The summed E-state index contributed by atoms with van der Waals surface area (Å²) in [6, 6.07) is 0. The second-order valence-corrected chi connectivity index (χ2v) is 4.14. The molecule has 1 saturated heterocycles. The molecule has 13 heavy (non-hydrogen) atoms. The Morgan fingerprint density at radius 1 is 1.08 bits per heavy atom. The Hall–Kier alpha value is -0.120. The molecule has 3 heteroatoms. The molecule has 0 aromatic rings. The van der Waals surface area contributed by atoms with Crippen LogP contribution in [0.2, 0.25) is 0 Å². The van der Waals surface area contributed by atoms with Gasteiger partial charge in [0.2, 0.25) is 0 Å². The van der Waals surface area contributed by atoms with Crippen LogP contribution in [0.3, 0.4) is 0 Å². The molecule has 0 aromatic carbocycles. The van der Waals surface area contributed by atoms with E-state index in [4.69, 9.17) is 14.6 Å². The van der Waals surface area contributed by atoms with Crippen molar-refractivity contribution in [3.8, 4) is 0 Å². The average Bonchev–Trinajstić information content (AvgIpc) is 2.20. The molecule has 1 saturated carbocycles. The molecule has 0 unspecified atom stereocenters. The maximum atomic E-state index is 8.92. The lowest BCUT2D eigenvalue weighted by Gasteiger charge is -2.42. The molecule has 1 aliphatic carbocycles. The molecule has 1 heterocycles. The third kappa shape index (κ3) is 2.03. The lowest BCUT2D eigenvalue weighted by atomic mass is 9.93. The lowest BCUT2D eigenvalue weighted by molar-refractivity contribution is -0.297. The van der Waals surface area contributed by atoms with Crippen LogP contribution in [0.5, 0.6) is 0 Å². The van der Waals surface area contributed by atoms with Crippen LogP contribution in [0, 0.1) is 5.92 Å². The number of rotatable bonds is 1. The first-order valence-corrected chi connectivity index (χ1v) is 5.23. The van der Waals surface area contributed by atoms with E-state index in [0.717, 1.165) is 12.8 Å². The van der Waals surface area contributed by atoms with Crippen LogP contribution in [0.25, 0.3) is 0 Å². The normalized spacial score (nSPS) is 29.3. The number of aliphatic hydroxyl groups excluding tert-OH is 1. The zero-order valence-corrected chi connectivity index (χ0v) is 8.00. The van der Waals surface area contributed by atoms with Gasteiger partial charge in [0.15, 0.2) is 5.79 Å². The number of ether oxygens (including phenoxy) is 2. The predicted octanol–water partition coefficient (Wildman–Crippen LogP) is 1.30. The number of hydrogen-bond donors (Lipinski definition) is 1. The molecule has 2 aliphatic rings. The lowest BCUT2D eigenvalue weighted by Crippen LogP contribution is -2.46. The molecule has 2 fully saturated rings. The fourth-order valence-corrected chi connectivity index (χ4v) is 2.11. The molecule has 76 valence electrons. The van der Waals surface area contributed by atoms with Crippen molar-refractivity contribution in [3.05, 3.63) is 0 Å². The number of hydrogen-bond acceptors (Lipinski definition) is 3. The highest BCUT2D eigenvalue weighted by Crippen LogP contribution is 2.35. The van der Waals surface area contributed by atoms with E-state index in [9.17, 15) is 0 Å². The van der Waals surface area contributed by atoms with Crippen molar-refractivity contribution >= 4 is 0 Å². The minimum absolute atomic E-state index is 0.177. The zero-order valence-electron chi connectivity index (χ0n) is 8.00. The molecule has 1 spiro atoms. The monoisotopic (exact) mass is 186 g/mol. The van der Waals surface area contributed by atoms with Gasteiger partial charge < -0.3 is 14.6 Å². The van der Waals surface area contributed by atoms with E-state index in [-0.39, 0.29) is 18.3 Å². The Kier molecular flexibility index (Phi) is 2.86. The van der Waals surface area contributed by atoms with Gasteiger partial charge in [0.05, 0.1) is 19.8 Å². The van der Waals surface area contributed by atoms with Crippen LogP contribution in [0.15, 0.2) is 0 Å². The molecule has 0 aromatic heterocycles. The molecule has 3 nitrogen and oxygen atoms in total. The van der Waals surface area contributed by atoms with E-state index in [0.29, 0.717) is 13.2 Å². The van der Waals surface area contributed by atoms with Crippen molar-refractivity contribution in [3.63, 3.8) is 0 Å². The zero-order chi connectivity index (χ0) is 9.15. The summed E-state index contributed by atoms with van der Waals surface area (Å²) in [5.41, 5.74) is 0. The predicted molar refractivity (Wildman–Crippen MR) is 48.3 cm³/mol. The van der Waals surface area contributed by atoms with Gasteiger partial charge in [0.25, 0.3) is 0 Å². The highest BCUT2D eigenvalue weighted by molar-refractivity contribution is 4.79. The summed E-state index contributed by atoms with van der Waals surface area (Å²) in [6.45, 7) is 1.50. The van der Waals surface area contributed by atoms with E-state index < -0.39 is 0 Å². The molecule has 0 radical (unpaired) electrons.